The number of aromatic nitrogens is 2. The van der Waals surface area contributed by atoms with Crippen molar-refractivity contribution in [2.24, 2.45) is 0 Å². The third kappa shape index (κ3) is 5.31. The highest BCUT2D eigenvalue weighted by molar-refractivity contribution is 5.88. The molecule has 0 fully saturated rings. The van der Waals surface area contributed by atoms with E-state index in [2.05, 4.69) is 4.98 Å². The predicted molar refractivity (Wildman–Crippen MR) is 102 cm³/mol. The second-order valence-electron chi connectivity index (χ2n) is 5.98. The summed E-state index contributed by atoms with van der Waals surface area (Å²) in [4.78, 5) is 40.5. The van der Waals surface area contributed by atoms with Crippen molar-refractivity contribution in [2.45, 2.75) is 46.6 Å². The number of ether oxygens (including phenoxy) is 3. The summed E-state index contributed by atoms with van der Waals surface area (Å²) in [5.74, 6) is -1.13. The lowest BCUT2D eigenvalue weighted by Gasteiger charge is -2.11. The standard InChI is InChI=1S/C20H26N2O6/c1-4-26-17(23)10-9-16-15(12-18(24)27-5-2)14-8-7-11-21-20(14)22(16)13-19(25)28-6-3/h7-8,11H,4-6,9-10,12-13H2,1-3H3. The first-order chi connectivity index (χ1) is 13.5. The van der Waals surface area contributed by atoms with E-state index >= 15 is 0 Å². The molecule has 2 aromatic rings. The van der Waals surface area contributed by atoms with E-state index in [9.17, 15) is 14.4 Å². The van der Waals surface area contributed by atoms with Crippen molar-refractivity contribution >= 4 is 28.9 Å². The van der Waals surface area contributed by atoms with Gasteiger partial charge in [-0.25, -0.2) is 4.98 Å². The lowest BCUT2D eigenvalue weighted by atomic mass is 10.1. The van der Waals surface area contributed by atoms with Gasteiger partial charge in [-0.05, 0) is 44.9 Å². The molecule has 152 valence electrons. The number of pyridine rings is 1. The molecule has 2 rings (SSSR count). The van der Waals surface area contributed by atoms with Gasteiger partial charge in [0.05, 0.1) is 32.7 Å². The van der Waals surface area contributed by atoms with Crippen molar-refractivity contribution in [1.29, 1.82) is 0 Å². The fourth-order valence-electron chi connectivity index (χ4n) is 3.09. The van der Waals surface area contributed by atoms with Gasteiger partial charge in [0.1, 0.15) is 12.2 Å². The maximum absolute atomic E-state index is 12.1. The van der Waals surface area contributed by atoms with E-state index in [1.54, 1.807) is 37.6 Å². The number of rotatable bonds is 10. The van der Waals surface area contributed by atoms with Gasteiger partial charge in [0, 0.05) is 17.3 Å². The molecule has 0 radical (unpaired) electrons. The zero-order chi connectivity index (χ0) is 20.5. The van der Waals surface area contributed by atoms with Crippen LogP contribution in [0, 0.1) is 0 Å². The van der Waals surface area contributed by atoms with Gasteiger partial charge in [0.25, 0.3) is 0 Å². The largest absolute Gasteiger partial charge is 0.466 e. The Labute approximate surface area is 163 Å². The van der Waals surface area contributed by atoms with Crippen LogP contribution >= 0.6 is 0 Å². The van der Waals surface area contributed by atoms with E-state index in [1.165, 1.54) is 0 Å². The predicted octanol–water partition coefficient (Wildman–Crippen LogP) is 2.20. The van der Waals surface area contributed by atoms with E-state index in [0.29, 0.717) is 29.9 Å². The second-order valence-corrected chi connectivity index (χ2v) is 5.98. The molecule has 0 bridgehead atoms. The van der Waals surface area contributed by atoms with Gasteiger partial charge >= 0.3 is 17.9 Å². The number of carbonyl (C=O) groups excluding carboxylic acids is 3. The monoisotopic (exact) mass is 390 g/mol. The minimum Gasteiger partial charge on any atom is -0.466 e. The second kappa shape index (κ2) is 10.4. The lowest BCUT2D eigenvalue weighted by Crippen LogP contribution is -2.18. The summed E-state index contributed by atoms with van der Waals surface area (Å²) in [5.41, 5.74) is 1.95. The Hall–Kier alpha value is -2.90. The summed E-state index contributed by atoms with van der Waals surface area (Å²) < 4.78 is 16.9. The van der Waals surface area contributed by atoms with E-state index in [1.807, 2.05) is 6.07 Å². The summed E-state index contributed by atoms with van der Waals surface area (Å²) in [6.07, 6.45) is 2.09. The number of carbonyl (C=O) groups is 3. The molecule has 0 saturated heterocycles. The van der Waals surface area contributed by atoms with E-state index < -0.39 is 5.97 Å². The molecule has 8 heteroatoms. The summed E-state index contributed by atoms with van der Waals surface area (Å²) in [6, 6.07) is 3.60. The number of fused-ring (bicyclic) bond motifs is 1. The van der Waals surface area contributed by atoms with Gasteiger partial charge in [0.15, 0.2) is 0 Å². The first-order valence-electron chi connectivity index (χ1n) is 9.43. The van der Waals surface area contributed by atoms with E-state index in [-0.39, 0.29) is 44.5 Å². The van der Waals surface area contributed by atoms with Crippen molar-refractivity contribution in [2.75, 3.05) is 19.8 Å². The normalized spacial score (nSPS) is 10.7. The molecule has 2 aromatic heterocycles. The fraction of sp³-hybridized carbons (Fsp3) is 0.500. The van der Waals surface area contributed by atoms with Gasteiger partial charge in [-0.15, -0.1) is 0 Å². The van der Waals surface area contributed by atoms with Crippen LogP contribution in [0.15, 0.2) is 18.3 Å². The number of esters is 3. The summed E-state index contributed by atoms with van der Waals surface area (Å²) in [6.45, 7) is 5.99. The van der Waals surface area contributed by atoms with Crippen LogP contribution in [0.1, 0.15) is 38.4 Å². The molecule has 0 amide bonds. The smallest absolute Gasteiger partial charge is 0.326 e. The quantitative estimate of drug-likeness (QED) is 0.453. The molecule has 0 unspecified atom stereocenters. The average Bonchev–Trinajstić information content (AvgIpc) is 2.94. The first-order valence-corrected chi connectivity index (χ1v) is 9.43. The molecule has 8 nitrogen and oxygen atoms in total. The summed E-state index contributed by atoms with van der Waals surface area (Å²) >= 11 is 0. The van der Waals surface area contributed by atoms with Crippen LogP contribution in [0.2, 0.25) is 0 Å². The molecule has 0 aliphatic heterocycles. The third-order valence-corrected chi connectivity index (χ3v) is 4.13. The number of nitrogens with zero attached hydrogens (tertiary/aromatic N) is 2. The van der Waals surface area contributed by atoms with Gasteiger partial charge < -0.3 is 18.8 Å². The zero-order valence-electron chi connectivity index (χ0n) is 16.5. The summed E-state index contributed by atoms with van der Waals surface area (Å²) in [5, 5.41) is 0.749. The van der Waals surface area contributed by atoms with Gasteiger partial charge in [0.2, 0.25) is 0 Å². The molecule has 0 aliphatic carbocycles. The molecule has 0 N–H and O–H groups in total. The van der Waals surface area contributed by atoms with E-state index in [0.717, 1.165) is 5.39 Å². The van der Waals surface area contributed by atoms with E-state index in [4.69, 9.17) is 14.2 Å². The molecule has 28 heavy (non-hydrogen) atoms. The van der Waals surface area contributed by atoms with Crippen molar-refractivity contribution in [3.63, 3.8) is 0 Å². The van der Waals surface area contributed by atoms with Crippen LogP contribution in [0.3, 0.4) is 0 Å². The number of hydrogen-bond acceptors (Lipinski definition) is 7. The zero-order valence-corrected chi connectivity index (χ0v) is 16.5. The van der Waals surface area contributed by atoms with Crippen molar-refractivity contribution in [3.8, 4) is 0 Å². The van der Waals surface area contributed by atoms with Crippen LogP contribution < -0.4 is 0 Å². The lowest BCUT2D eigenvalue weighted by molar-refractivity contribution is -0.144. The Morgan fingerprint density at radius 3 is 2.29 bits per heavy atom. The SMILES string of the molecule is CCOC(=O)CCc1c(CC(=O)OCC)c2cccnc2n1CC(=O)OCC. The molecule has 0 aromatic carbocycles. The molecular formula is C20H26N2O6. The minimum atomic E-state index is -0.412. The van der Waals surface area contributed by atoms with Crippen LogP contribution in [-0.4, -0.2) is 47.3 Å². The Bertz CT molecular complexity index is 786. The molecule has 2 heterocycles. The topological polar surface area (TPSA) is 96.7 Å². The van der Waals surface area contributed by atoms with Crippen LogP contribution in [0.4, 0.5) is 0 Å². The molecule has 0 spiro atoms. The van der Waals surface area contributed by atoms with Crippen LogP contribution in [0.25, 0.3) is 11.0 Å². The first kappa shape index (κ1) is 21.4. The van der Waals surface area contributed by atoms with Crippen LogP contribution in [0.5, 0.6) is 0 Å². The van der Waals surface area contributed by atoms with Crippen molar-refractivity contribution in [3.05, 3.63) is 29.6 Å². The molecule has 0 atom stereocenters. The highest BCUT2D eigenvalue weighted by Gasteiger charge is 2.23. The highest BCUT2D eigenvalue weighted by Crippen LogP contribution is 2.27. The maximum atomic E-state index is 12.1. The molecular weight excluding hydrogens is 364 g/mol. The van der Waals surface area contributed by atoms with Crippen molar-refractivity contribution in [1.82, 2.24) is 9.55 Å². The van der Waals surface area contributed by atoms with Gasteiger partial charge in [-0.2, -0.15) is 0 Å². The van der Waals surface area contributed by atoms with Gasteiger partial charge in [-0.3, -0.25) is 14.4 Å². The molecule has 0 aliphatic rings. The summed E-state index contributed by atoms with van der Waals surface area (Å²) in [7, 11) is 0. The van der Waals surface area contributed by atoms with Gasteiger partial charge in [-0.1, -0.05) is 0 Å². The van der Waals surface area contributed by atoms with Crippen molar-refractivity contribution < 1.29 is 28.6 Å². The average molecular weight is 390 g/mol. The Morgan fingerprint density at radius 1 is 0.964 bits per heavy atom. The molecule has 0 saturated carbocycles. The highest BCUT2D eigenvalue weighted by atomic mass is 16.5. The Morgan fingerprint density at radius 2 is 1.61 bits per heavy atom. The minimum absolute atomic E-state index is 0.0318. The number of hydrogen-bond donors (Lipinski definition) is 0. The third-order valence-electron chi connectivity index (χ3n) is 4.13. The Kier molecular flexibility index (Phi) is 7.98. The Balaban J connectivity index is 2.48. The maximum Gasteiger partial charge on any atom is 0.326 e. The fourth-order valence-corrected chi connectivity index (χ4v) is 3.09. The van der Waals surface area contributed by atoms with Crippen LogP contribution in [-0.2, 0) is 48.0 Å².